The van der Waals surface area contributed by atoms with Crippen LogP contribution >= 0.6 is 0 Å². The van der Waals surface area contributed by atoms with Crippen LogP contribution in [0.15, 0.2) is 42.5 Å². The van der Waals surface area contributed by atoms with Gasteiger partial charge in [-0.05, 0) is 76.1 Å². The molecule has 2 aromatic heterocycles. The molecule has 8 nitrogen and oxygen atoms in total. The summed E-state index contributed by atoms with van der Waals surface area (Å²) in [6.45, 7) is 6.88. The molecule has 1 aliphatic heterocycles. The van der Waals surface area contributed by atoms with Crippen molar-refractivity contribution >= 4 is 23.2 Å². The van der Waals surface area contributed by atoms with Crippen LogP contribution in [0.4, 0.5) is 11.5 Å². The zero-order valence-corrected chi connectivity index (χ0v) is 18.0. The average Bonchev–Trinajstić information content (AvgIpc) is 3.12. The summed E-state index contributed by atoms with van der Waals surface area (Å²) in [5, 5.41) is 16.1. The van der Waals surface area contributed by atoms with Crippen LogP contribution in [0.1, 0.15) is 41.5 Å². The predicted molar refractivity (Wildman–Crippen MR) is 119 cm³/mol. The fourth-order valence-electron chi connectivity index (χ4n) is 3.89. The highest BCUT2D eigenvalue weighted by Gasteiger charge is 2.27. The third kappa shape index (κ3) is 4.63. The summed E-state index contributed by atoms with van der Waals surface area (Å²) in [5.41, 5.74) is 3.26. The van der Waals surface area contributed by atoms with Gasteiger partial charge in [0.05, 0.1) is 11.6 Å². The number of anilines is 2. The van der Waals surface area contributed by atoms with E-state index in [9.17, 15) is 9.59 Å². The molecular weight excluding hydrogens is 392 g/mol. The number of hydrogen-bond donors (Lipinski definition) is 1. The third-order valence-corrected chi connectivity index (χ3v) is 5.54. The van der Waals surface area contributed by atoms with Gasteiger partial charge in [-0.2, -0.15) is 5.10 Å². The zero-order chi connectivity index (χ0) is 22.0. The normalized spacial score (nSPS) is 16.2. The number of amides is 1. The van der Waals surface area contributed by atoms with E-state index in [-0.39, 0.29) is 17.6 Å². The quantitative estimate of drug-likeness (QED) is 0.639. The molecule has 3 aromatic rings. The lowest BCUT2D eigenvalue weighted by molar-refractivity contribution is -0.120. The minimum atomic E-state index is -0.140. The maximum absolute atomic E-state index is 12.8. The molecule has 0 aliphatic carbocycles. The van der Waals surface area contributed by atoms with E-state index in [4.69, 9.17) is 0 Å². The second-order valence-corrected chi connectivity index (χ2v) is 8.00. The molecule has 4 rings (SSSR count). The first-order valence-electron chi connectivity index (χ1n) is 10.4. The van der Waals surface area contributed by atoms with E-state index in [0.29, 0.717) is 23.6 Å². The van der Waals surface area contributed by atoms with Crippen molar-refractivity contribution in [3.63, 3.8) is 0 Å². The number of hydrogen-bond acceptors (Lipinski definition) is 6. The number of carbonyl (C=O) groups excluding carboxylic acids is 2. The fraction of sp³-hybridized carbons (Fsp3) is 0.348. The van der Waals surface area contributed by atoms with Gasteiger partial charge in [-0.1, -0.05) is 0 Å². The largest absolute Gasteiger partial charge is 0.354 e. The van der Waals surface area contributed by atoms with Gasteiger partial charge in [0.1, 0.15) is 0 Å². The van der Waals surface area contributed by atoms with Crippen LogP contribution in [0, 0.1) is 19.8 Å². The van der Waals surface area contributed by atoms with Crippen LogP contribution in [-0.2, 0) is 4.79 Å². The fourth-order valence-corrected chi connectivity index (χ4v) is 3.89. The van der Waals surface area contributed by atoms with Crippen molar-refractivity contribution in [2.75, 3.05) is 23.3 Å². The maximum atomic E-state index is 12.8. The number of aryl methyl sites for hydroxylation is 2. The van der Waals surface area contributed by atoms with E-state index in [0.717, 1.165) is 36.6 Å². The summed E-state index contributed by atoms with van der Waals surface area (Å²) in [6, 6.07) is 12.8. The number of nitrogens with zero attached hydrogens (tertiary/aromatic N) is 5. The first kappa shape index (κ1) is 20.7. The van der Waals surface area contributed by atoms with Crippen LogP contribution in [0.2, 0.25) is 0 Å². The Kier molecular flexibility index (Phi) is 5.79. The molecule has 0 bridgehead atoms. The molecular formula is C23H26N6O2. The molecule has 8 heteroatoms. The molecule has 1 saturated heterocycles. The Morgan fingerprint density at radius 1 is 1.03 bits per heavy atom. The van der Waals surface area contributed by atoms with E-state index in [1.807, 2.05) is 32.0 Å². The van der Waals surface area contributed by atoms with Gasteiger partial charge in [0.15, 0.2) is 17.4 Å². The van der Waals surface area contributed by atoms with Crippen LogP contribution < -0.4 is 10.2 Å². The van der Waals surface area contributed by atoms with Gasteiger partial charge in [0.25, 0.3) is 0 Å². The number of aromatic nitrogens is 4. The van der Waals surface area contributed by atoms with Crippen molar-refractivity contribution in [1.29, 1.82) is 0 Å². The number of carbonyl (C=O) groups is 2. The van der Waals surface area contributed by atoms with Gasteiger partial charge in [-0.3, -0.25) is 9.59 Å². The number of piperidine rings is 1. The van der Waals surface area contributed by atoms with Crippen molar-refractivity contribution < 1.29 is 9.59 Å². The van der Waals surface area contributed by atoms with Crippen molar-refractivity contribution in [3.8, 4) is 5.82 Å². The molecule has 1 N–H and O–H groups in total. The van der Waals surface area contributed by atoms with Crippen molar-refractivity contribution in [1.82, 2.24) is 20.0 Å². The molecule has 1 aromatic carbocycles. The average molecular weight is 419 g/mol. The second-order valence-electron chi connectivity index (χ2n) is 8.00. The minimum absolute atomic E-state index is 0.00535. The highest BCUT2D eigenvalue weighted by Crippen LogP contribution is 2.23. The van der Waals surface area contributed by atoms with Gasteiger partial charge in [-0.15, -0.1) is 10.2 Å². The molecule has 31 heavy (non-hydrogen) atoms. The molecule has 1 amide bonds. The molecule has 0 unspecified atom stereocenters. The Balaban J connectivity index is 1.41. The third-order valence-electron chi connectivity index (χ3n) is 5.54. The summed E-state index contributed by atoms with van der Waals surface area (Å²) in [6.07, 6.45) is 1.73. The Hall–Kier alpha value is -3.55. The lowest BCUT2D eigenvalue weighted by Crippen LogP contribution is -2.41. The standard InChI is InChI=1S/C23H26N6O2/c1-15-13-16(2)29(27-15)22-11-10-21(25-26-22)28-12-4-5-19(14-28)23(31)24-20-8-6-18(7-9-20)17(3)30/h6-11,13,19H,4-5,12,14H2,1-3H3,(H,24,31)/t19-/m0/s1. The predicted octanol–water partition coefficient (Wildman–Crippen LogP) is 3.34. The van der Waals surface area contributed by atoms with Crippen LogP contribution in [0.5, 0.6) is 0 Å². The number of Topliss-reactive ketones (excluding diaryl/α,β-unsaturated/α-hetero) is 1. The Bertz CT molecular complexity index is 1090. The van der Waals surface area contributed by atoms with Gasteiger partial charge >= 0.3 is 0 Å². The van der Waals surface area contributed by atoms with E-state index in [1.165, 1.54) is 6.92 Å². The van der Waals surface area contributed by atoms with Crippen molar-refractivity contribution in [2.24, 2.45) is 5.92 Å². The van der Waals surface area contributed by atoms with E-state index < -0.39 is 0 Å². The van der Waals surface area contributed by atoms with Crippen LogP contribution in [-0.4, -0.2) is 44.8 Å². The highest BCUT2D eigenvalue weighted by molar-refractivity contribution is 5.96. The van der Waals surface area contributed by atoms with Gasteiger partial charge in [-0.25, -0.2) is 4.68 Å². The molecule has 3 heterocycles. The topological polar surface area (TPSA) is 93.0 Å². The lowest BCUT2D eigenvalue weighted by atomic mass is 9.97. The first-order valence-corrected chi connectivity index (χ1v) is 10.4. The lowest BCUT2D eigenvalue weighted by Gasteiger charge is -2.32. The summed E-state index contributed by atoms with van der Waals surface area (Å²) < 4.78 is 1.77. The molecule has 1 fully saturated rings. The molecule has 1 atom stereocenters. The van der Waals surface area contributed by atoms with E-state index in [2.05, 4.69) is 25.5 Å². The number of ketones is 1. The summed E-state index contributed by atoms with van der Waals surface area (Å²) in [5.74, 6) is 1.28. The molecule has 160 valence electrons. The maximum Gasteiger partial charge on any atom is 0.229 e. The van der Waals surface area contributed by atoms with Crippen LogP contribution in [0.3, 0.4) is 0 Å². The first-order chi connectivity index (χ1) is 14.9. The number of nitrogens with one attached hydrogen (secondary N) is 1. The van der Waals surface area contributed by atoms with E-state index in [1.54, 1.807) is 28.9 Å². The summed E-state index contributed by atoms with van der Waals surface area (Å²) in [7, 11) is 0. The number of rotatable bonds is 5. The van der Waals surface area contributed by atoms with Crippen LogP contribution in [0.25, 0.3) is 5.82 Å². The Labute approximate surface area is 181 Å². The monoisotopic (exact) mass is 418 g/mol. The molecule has 0 radical (unpaired) electrons. The summed E-state index contributed by atoms with van der Waals surface area (Å²) in [4.78, 5) is 26.3. The smallest absolute Gasteiger partial charge is 0.229 e. The molecule has 0 saturated carbocycles. The zero-order valence-electron chi connectivity index (χ0n) is 18.0. The SMILES string of the molecule is CC(=O)c1ccc(NC(=O)[C@H]2CCCN(c3ccc(-n4nc(C)cc4C)nn3)C2)cc1. The minimum Gasteiger partial charge on any atom is -0.354 e. The molecule has 1 aliphatic rings. The van der Waals surface area contributed by atoms with Gasteiger partial charge < -0.3 is 10.2 Å². The molecule has 0 spiro atoms. The highest BCUT2D eigenvalue weighted by atomic mass is 16.2. The van der Waals surface area contributed by atoms with Gasteiger partial charge in [0.2, 0.25) is 5.91 Å². The second kappa shape index (κ2) is 8.67. The number of benzene rings is 1. The Morgan fingerprint density at radius 2 is 1.74 bits per heavy atom. The van der Waals surface area contributed by atoms with Crippen molar-refractivity contribution in [3.05, 3.63) is 59.4 Å². The van der Waals surface area contributed by atoms with Gasteiger partial charge in [0, 0.05) is 30.0 Å². The Morgan fingerprint density at radius 3 is 2.35 bits per heavy atom. The summed E-state index contributed by atoms with van der Waals surface area (Å²) >= 11 is 0. The van der Waals surface area contributed by atoms with E-state index >= 15 is 0 Å². The van der Waals surface area contributed by atoms with Crippen molar-refractivity contribution in [2.45, 2.75) is 33.6 Å².